The van der Waals surface area contributed by atoms with E-state index in [9.17, 15) is 4.79 Å². The van der Waals surface area contributed by atoms with Crippen LogP contribution in [0, 0.1) is 12.8 Å². The SMILES string of the molecule is CCc1nc(C(CC(C)C)NC(=O)OC(C)(C)C)nc2cc(C)c(-c3cnco3)cc12. The van der Waals surface area contributed by atoms with Crippen LogP contribution in [-0.2, 0) is 11.2 Å². The van der Waals surface area contributed by atoms with Gasteiger partial charge in [0, 0.05) is 10.9 Å². The molecule has 1 unspecified atom stereocenters. The molecule has 7 heteroatoms. The van der Waals surface area contributed by atoms with Gasteiger partial charge in [-0.3, -0.25) is 0 Å². The number of fused-ring (bicyclic) bond motifs is 1. The van der Waals surface area contributed by atoms with Gasteiger partial charge in [-0.05, 0) is 64.2 Å². The molecule has 0 aliphatic rings. The minimum Gasteiger partial charge on any atom is -0.444 e. The van der Waals surface area contributed by atoms with Crippen molar-refractivity contribution in [2.45, 2.75) is 73.0 Å². The number of aromatic nitrogens is 3. The Hall–Kier alpha value is -2.96. The third kappa shape index (κ3) is 5.60. The van der Waals surface area contributed by atoms with Gasteiger partial charge >= 0.3 is 6.09 Å². The van der Waals surface area contributed by atoms with Crippen LogP contribution >= 0.6 is 0 Å². The highest BCUT2D eigenvalue weighted by atomic mass is 16.6. The first kappa shape index (κ1) is 22.7. The fraction of sp³-hybridized carbons (Fsp3) is 0.500. The highest BCUT2D eigenvalue weighted by Gasteiger charge is 2.24. The Kier molecular flexibility index (Phi) is 6.62. The molecule has 0 spiro atoms. The zero-order valence-corrected chi connectivity index (χ0v) is 19.4. The number of hydrogen-bond acceptors (Lipinski definition) is 6. The maximum Gasteiger partial charge on any atom is 0.408 e. The second-order valence-corrected chi connectivity index (χ2v) is 9.26. The molecule has 0 bridgehead atoms. The molecule has 1 N–H and O–H groups in total. The van der Waals surface area contributed by atoms with Crippen LogP contribution in [0.4, 0.5) is 4.79 Å². The lowest BCUT2D eigenvalue weighted by molar-refractivity contribution is 0.0495. The largest absolute Gasteiger partial charge is 0.444 e. The fourth-order valence-electron chi connectivity index (χ4n) is 3.55. The number of carbonyl (C=O) groups excluding carboxylic acids is 1. The highest BCUT2D eigenvalue weighted by Crippen LogP contribution is 2.30. The van der Waals surface area contributed by atoms with Crippen LogP contribution in [0.25, 0.3) is 22.2 Å². The van der Waals surface area contributed by atoms with Gasteiger partial charge in [0.05, 0.1) is 23.4 Å². The number of ether oxygens (including phenoxy) is 1. The third-order valence-corrected chi connectivity index (χ3v) is 4.88. The van der Waals surface area contributed by atoms with Crippen molar-refractivity contribution in [3.63, 3.8) is 0 Å². The number of amides is 1. The molecule has 0 radical (unpaired) electrons. The number of oxazole rings is 1. The summed E-state index contributed by atoms with van der Waals surface area (Å²) in [6.45, 7) is 13.9. The molecular weight excluding hydrogens is 392 g/mol. The summed E-state index contributed by atoms with van der Waals surface area (Å²) in [6, 6.07) is 3.77. The number of alkyl carbamates (subject to hydrolysis) is 1. The van der Waals surface area contributed by atoms with Crippen molar-refractivity contribution in [3.05, 3.63) is 41.8 Å². The normalized spacial score (nSPS) is 12.9. The van der Waals surface area contributed by atoms with Gasteiger partial charge in [-0.15, -0.1) is 0 Å². The first-order valence-electron chi connectivity index (χ1n) is 10.8. The van der Waals surface area contributed by atoms with Crippen LogP contribution in [0.15, 0.2) is 29.1 Å². The monoisotopic (exact) mass is 424 g/mol. The van der Waals surface area contributed by atoms with Crippen molar-refractivity contribution in [2.75, 3.05) is 0 Å². The average molecular weight is 425 g/mol. The van der Waals surface area contributed by atoms with E-state index in [4.69, 9.17) is 19.1 Å². The van der Waals surface area contributed by atoms with Crippen LogP contribution in [0.2, 0.25) is 0 Å². The summed E-state index contributed by atoms with van der Waals surface area (Å²) in [6.07, 6.45) is 4.13. The van der Waals surface area contributed by atoms with Gasteiger partial charge in [0.1, 0.15) is 5.60 Å². The molecule has 1 atom stereocenters. The number of aryl methyl sites for hydroxylation is 2. The Morgan fingerprint density at radius 1 is 1.23 bits per heavy atom. The molecule has 3 rings (SSSR count). The second-order valence-electron chi connectivity index (χ2n) is 9.26. The number of benzene rings is 1. The predicted molar refractivity (Wildman–Crippen MR) is 121 cm³/mol. The minimum absolute atomic E-state index is 0.334. The summed E-state index contributed by atoms with van der Waals surface area (Å²) < 4.78 is 11.0. The van der Waals surface area contributed by atoms with E-state index in [1.54, 1.807) is 6.20 Å². The van der Waals surface area contributed by atoms with Gasteiger partial charge < -0.3 is 14.5 Å². The lowest BCUT2D eigenvalue weighted by Gasteiger charge is -2.24. The molecule has 0 saturated heterocycles. The van der Waals surface area contributed by atoms with Crippen LogP contribution in [-0.4, -0.2) is 26.6 Å². The summed E-state index contributed by atoms with van der Waals surface area (Å²) in [5, 5.41) is 3.95. The van der Waals surface area contributed by atoms with Crippen molar-refractivity contribution in [1.82, 2.24) is 20.3 Å². The molecule has 0 saturated carbocycles. The highest BCUT2D eigenvalue weighted by molar-refractivity contribution is 5.87. The van der Waals surface area contributed by atoms with E-state index in [-0.39, 0.29) is 6.04 Å². The number of nitrogens with zero attached hydrogens (tertiary/aromatic N) is 3. The number of rotatable bonds is 6. The number of carbonyl (C=O) groups is 1. The van der Waals surface area contributed by atoms with Crippen molar-refractivity contribution in [1.29, 1.82) is 0 Å². The topological polar surface area (TPSA) is 90.1 Å². The van der Waals surface area contributed by atoms with Gasteiger partial charge in [0.15, 0.2) is 18.0 Å². The molecule has 2 heterocycles. The second kappa shape index (κ2) is 9.04. The summed E-state index contributed by atoms with van der Waals surface area (Å²) in [7, 11) is 0. The van der Waals surface area contributed by atoms with Crippen LogP contribution in [0.3, 0.4) is 0 Å². The third-order valence-electron chi connectivity index (χ3n) is 4.88. The van der Waals surface area contributed by atoms with Crippen molar-refractivity contribution < 1.29 is 13.9 Å². The maximum absolute atomic E-state index is 12.5. The maximum atomic E-state index is 12.5. The van der Waals surface area contributed by atoms with Crippen molar-refractivity contribution in [2.24, 2.45) is 5.92 Å². The van der Waals surface area contributed by atoms with E-state index in [1.807, 2.05) is 33.8 Å². The molecule has 3 aromatic rings. The molecular formula is C24H32N4O3. The van der Waals surface area contributed by atoms with E-state index in [0.29, 0.717) is 18.2 Å². The van der Waals surface area contributed by atoms with E-state index < -0.39 is 11.7 Å². The average Bonchev–Trinajstić information content (AvgIpc) is 3.18. The molecule has 1 aromatic carbocycles. The summed E-state index contributed by atoms with van der Waals surface area (Å²) >= 11 is 0. The van der Waals surface area contributed by atoms with Gasteiger partial charge in [-0.1, -0.05) is 20.8 Å². The van der Waals surface area contributed by atoms with Crippen molar-refractivity contribution in [3.8, 4) is 11.3 Å². The van der Waals surface area contributed by atoms with Gasteiger partial charge in [0.25, 0.3) is 0 Å². The lowest BCUT2D eigenvalue weighted by Crippen LogP contribution is -2.36. The Morgan fingerprint density at radius 3 is 2.55 bits per heavy atom. The first-order valence-corrected chi connectivity index (χ1v) is 10.8. The summed E-state index contributed by atoms with van der Waals surface area (Å²) in [4.78, 5) is 26.2. The summed E-state index contributed by atoms with van der Waals surface area (Å²) in [5.74, 6) is 1.67. The summed E-state index contributed by atoms with van der Waals surface area (Å²) in [5.41, 5.74) is 3.22. The standard InChI is InChI=1S/C24H32N4O3/c1-8-18-17-11-16(21-12-25-13-30-21)15(4)10-19(17)27-22(26-18)20(9-14(2)3)28-23(29)31-24(5,6)7/h10-14,20H,8-9H2,1-7H3,(H,28,29). The molecule has 0 aliphatic heterocycles. The number of nitrogens with one attached hydrogen (secondary N) is 1. The Bertz CT molecular complexity index is 1050. The Balaban J connectivity index is 2.04. The predicted octanol–water partition coefficient (Wildman–Crippen LogP) is 5.77. The van der Waals surface area contributed by atoms with Crippen LogP contribution in [0.1, 0.15) is 71.1 Å². The zero-order chi connectivity index (χ0) is 22.8. The molecule has 2 aromatic heterocycles. The Morgan fingerprint density at radius 2 is 1.97 bits per heavy atom. The Labute approximate surface area is 183 Å². The zero-order valence-electron chi connectivity index (χ0n) is 19.4. The fourth-order valence-corrected chi connectivity index (χ4v) is 3.55. The van der Waals surface area contributed by atoms with E-state index in [2.05, 4.69) is 37.1 Å². The molecule has 0 fully saturated rings. The van der Waals surface area contributed by atoms with Crippen molar-refractivity contribution >= 4 is 17.0 Å². The van der Waals surface area contributed by atoms with Crippen LogP contribution < -0.4 is 5.32 Å². The quantitative estimate of drug-likeness (QED) is 0.540. The molecule has 166 valence electrons. The molecule has 1 amide bonds. The van der Waals surface area contributed by atoms with E-state index in [0.717, 1.165) is 39.9 Å². The smallest absolute Gasteiger partial charge is 0.408 e. The lowest BCUT2D eigenvalue weighted by atomic mass is 10.00. The first-order chi connectivity index (χ1) is 14.6. The van der Waals surface area contributed by atoms with E-state index in [1.165, 1.54) is 6.39 Å². The van der Waals surface area contributed by atoms with Gasteiger partial charge in [-0.25, -0.2) is 19.7 Å². The number of hydrogen-bond donors (Lipinski definition) is 1. The van der Waals surface area contributed by atoms with Gasteiger partial charge in [0.2, 0.25) is 0 Å². The molecule has 31 heavy (non-hydrogen) atoms. The van der Waals surface area contributed by atoms with Crippen LogP contribution in [0.5, 0.6) is 0 Å². The van der Waals surface area contributed by atoms with Gasteiger partial charge in [-0.2, -0.15) is 0 Å². The molecule has 7 nitrogen and oxygen atoms in total. The van der Waals surface area contributed by atoms with E-state index >= 15 is 0 Å². The minimum atomic E-state index is -0.570. The molecule has 0 aliphatic carbocycles.